The molecule has 1 aliphatic carbocycles. The average molecular weight is 490 g/mol. The van der Waals surface area contributed by atoms with Gasteiger partial charge in [-0.05, 0) is 49.0 Å². The van der Waals surface area contributed by atoms with Crippen LogP contribution >= 0.6 is 0 Å². The number of methoxy groups -OCH3 is 1. The summed E-state index contributed by atoms with van der Waals surface area (Å²) in [6.45, 7) is 0.298. The molecule has 186 valence electrons. The lowest BCUT2D eigenvalue weighted by atomic mass is 10.0. The van der Waals surface area contributed by atoms with Crippen LogP contribution in [0.3, 0.4) is 0 Å². The number of hydrogen-bond acceptors (Lipinski definition) is 8. The number of fused-ring (bicyclic) bond motifs is 1. The van der Waals surface area contributed by atoms with Crippen LogP contribution in [-0.2, 0) is 25.4 Å². The number of Topliss-reactive ketones (excluding diaryl/α,β-unsaturated/α-hetero) is 1. The molecule has 0 spiro atoms. The van der Waals surface area contributed by atoms with Crippen molar-refractivity contribution in [3.05, 3.63) is 77.9 Å². The Morgan fingerprint density at radius 3 is 2.97 bits per heavy atom. The molecule has 0 unspecified atom stereocenters. The highest BCUT2D eigenvalue weighted by Crippen LogP contribution is 2.30. The molecule has 9 nitrogen and oxygen atoms in total. The Balaban J connectivity index is 1.12. The predicted molar refractivity (Wildman–Crippen MR) is 130 cm³/mol. The van der Waals surface area contributed by atoms with Crippen molar-refractivity contribution >= 4 is 22.9 Å². The summed E-state index contributed by atoms with van der Waals surface area (Å²) in [7, 11) is 1.57. The van der Waals surface area contributed by atoms with E-state index in [4.69, 9.17) is 18.9 Å². The molecule has 1 atom stereocenters. The topological polar surface area (TPSA) is 100 Å². The first-order valence-corrected chi connectivity index (χ1v) is 12.0. The van der Waals surface area contributed by atoms with Gasteiger partial charge in [0.1, 0.15) is 18.1 Å². The van der Waals surface area contributed by atoms with E-state index < -0.39 is 12.2 Å². The number of cyclic esters (lactones) is 1. The van der Waals surface area contributed by atoms with Crippen molar-refractivity contribution in [2.24, 2.45) is 0 Å². The molecule has 9 heteroatoms. The number of nitrogens with zero attached hydrogens (tertiary/aromatic N) is 3. The summed E-state index contributed by atoms with van der Waals surface area (Å²) in [6.07, 6.45) is 13.2. The minimum atomic E-state index is -0.510. The largest absolute Gasteiger partial charge is 0.481 e. The summed E-state index contributed by atoms with van der Waals surface area (Å²) in [5.74, 6) is 1.47. The van der Waals surface area contributed by atoms with Gasteiger partial charge in [-0.15, -0.1) is 0 Å². The van der Waals surface area contributed by atoms with Gasteiger partial charge in [0.15, 0.2) is 12.0 Å². The van der Waals surface area contributed by atoms with Crippen molar-refractivity contribution in [1.29, 1.82) is 0 Å². The van der Waals surface area contributed by atoms with Crippen molar-refractivity contribution < 1.29 is 28.5 Å². The highest BCUT2D eigenvalue weighted by Gasteiger charge is 2.36. The van der Waals surface area contributed by atoms with Gasteiger partial charge < -0.3 is 18.9 Å². The summed E-state index contributed by atoms with van der Waals surface area (Å²) in [5.41, 5.74) is 3.45. The lowest BCUT2D eigenvalue weighted by Gasteiger charge is -2.23. The summed E-state index contributed by atoms with van der Waals surface area (Å²) >= 11 is 0. The Hall–Kier alpha value is -4.14. The smallest absolute Gasteiger partial charge is 0.417 e. The molecule has 0 N–H and O–H groups in total. The number of pyridine rings is 2. The van der Waals surface area contributed by atoms with Crippen LogP contribution in [0.2, 0.25) is 0 Å². The second-order valence-electron chi connectivity index (χ2n) is 8.72. The third-order valence-corrected chi connectivity index (χ3v) is 6.30. The fraction of sp³-hybridized carbons (Fsp3) is 0.333. The van der Waals surface area contributed by atoms with Crippen LogP contribution in [0.1, 0.15) is 37.7 Å². The molecule has 1 fully saturated rings. The maximum Gasteiger partial charge on any atom is 0.417 e. The van der Waals surface area contributed by atoms with Crippen LogP contribution in [0.5, 0.6) is 5.88 Å². The highest BCUT2D eigenvalue weighted by molar-refractivity contribution is 5.81. The van der Waals surface area contributed by atoms with Gasteiger partial charge in [0, 0.05) is 25.1 Å². The minimum absolute atomic E-state index is 0.0938. The number of amides is 1. The number of carbonyl (C=O) groups excluding carboxylic acids is 2. The Bertz CT molecular complexity index is 1300. The zero-order chi connectivity index (χ0) is 24.9. The summed E-state index contributed by atoms with van der Waals surface area (Å²) in [4.78, 5) is 35.3. The van der Waals surface area contributed by atoms with Gasteiger partial charge in [0.25, 0.3) is 0 Å². The predicted octanol–water partition coefficient (Wildman–Crippen LogP) is 4.70. The van der Waals surface area contributed by atoms with E-state index in [0.717, 1.165) is 35.0 Å². The number of carbonyl (C=O) groups is 2. The Morgan fingerprint density at radius 1 is 1.22 bits per heavy atom. The summed E-state index contributed by atoms with van der Waals surface area (Å²) in [5, 5.41) is 0. The van der Waals surface area contributed by atoms with Gasteiger partial charge >= 0.3 is 6.09 Å². The number of aromatic nitrogens is 2. The van der Waals surface area contributed by atoms with E-state index >= 15 is 0 Å². The van der Waals surface area contributed by atoms with Crippen LogP contribution in [-0.4, -0.2) is 46.5 Å². The maximum atomic E-state index is 12.6. The first-order valence-electron chi connectivity index (χ1n) is 12.0. The number of hydrogen-bond donors (Lipinski definition) is 0. The number of allylic oxidation sites excluding steroid dienone is 4. The van der Waals surface area contributed by atoms with Crippen LogP contribution < -0.4 is 4.74 Å². The molecule has 2 aromatic rings. The Kier molecular flexibility index (Phi) is 6.97. The molecule has 1 saturated heterocycles. The van der Waals surface area contributed by atoms with Crippen LogP contribution in [0.4, 0.5) is 4.79 Å². The van der Waals surface area contributed by atoms with Gasteiger partial charge in [-0.1, -0.05) is 18.2 Å². The molecule has 0 bridgehead atoms. The third kappa shape index (κ3) is 5.25. The summed E-state index contributed by atoms with van der Waals surface area (Å²) in [6, 6.07) is 5.49. The normalized spacial score (nSPS) is 19.1. The zero-order valence-corrected chi connectivity index (χ0v) is 20.0. The van der Waals surface area contributed by atoms with E-state index in [-0.39, 0.29) is 11.7 Å². The quantitative estimate of drug-likeness (QED) is 0.500. The second-order valence-corrected chi connectivity index (χ2v) is 8.72. The SMILES string of the molecule is COc1ccc2nccc(CCC(=O)CC[C@H]3CN(C4=COC=C(C5=CC=CCC5)O4)C(=O)O3)c2n1. The molecule has 0 saturated carbocycles. The van der Waals surface area contributed by atoms with Gasteiger partial charge in [-0.3, -0.25) is 9.78 Å². The molecule has 2 aliphatic heterocycles. The van der Waals surface area contributed by atoms with Gasteiger partial charge in [-0.25, -0.2) is 14.7 Å². The van der Waals surface area contributed by atoms with Crippen molar-refractivity contribution in [2.75, 3.05) is 13.7 Å². The van der Waals surface area contributed by atoms with Crippen molar-refractivity contribution in [2.45, 2.75) is 44.6 Å². The van der Waals surface area contributed by atoms with Crippen LogP contribution in [0, 0.1) is 0 Å². The fourth-order valence-electron chi connectivity index (χ4n) is 4.33. The monoisotopic (exact) mass is 489 g/mol. The number of ketones is 1. The fourth-order valence-corrected chi connectivity index (χ4v) is 4.33. The van der Waals surface area contributed by atoms with Crippen molar-refractivity contribution in [3.8, 4) is 5.88 Å². The van der Waals surface area contributed by atoms with Crippen molar-refractivity contribution in [1.82, 2.24) is 14.9 Å². The van der Waals surface area contributed by atoms with E-state index in [1.54, 1.807) is 19.4 Å². The van der Waals surface area contributed by atoms with Crippen LogP contribution in [0.25, 0.3) is 11.0 Å². The van der Waals surface area contributed by atoms with Gasteiger partial charge in [-0.2, -0.15) is 0 Å². The van der Waals surface area contributed by atoms with E-state index in [2.05, 4.69) is 16.0 Å². The van der Waals surface area contributed by atoms with E-state index in [0.29, 0.717) is 43.9 Å². The summed E-state index contributed by atoms with van der Waals surface area (Å²) < 4.78 is 22.1. The molecular formula is C27H27N3O6. The maximum absolute atomic E-state index is 12.6. The number of aryl methyl sites for hydroxylation is 1. The second kappa shape index (κ2) is 10.6. The molecular weight excluding hydrogens is 462 g/mol. The standard InChI is InChI=1S/C27H27N3O6/c1-33-24-12-11-22-26(29-24)19(13-14-28-22)7-8-20(31)9-10-21-15-30(27(32)35-21)25-17-34-16-23(36-25)18-5-3-2-4-6-18/h2-3,5,11-14,16-17,21H,4,6-10,15H2,1H3/t21-/m0/s1. The Morgan fingerprint density at radius 2 is 2.14 bits per heavy atom. The minimum Gasteiger partial charge on any atom is -0.481 e. The van der Waals surface area contributed by atoms with Gasteiger partial charge in [0.05, 0.1) is 24.7 Å². The van der Waals surface area contributed by atoms with E-state index in [1.165, 1.54) is 17.4 Å². The number of ether oxygens (including phenoxy) is 4. The van der Waals surface area contributed by atoms with E-state index in [9.17, 15) is 9.59 Å². The van der Waals surface area contributed by atoms with Gasteiger partial charge in [0.2, 0.25) is 11.8 Å². The third-order valence-electron chi connectivity index (χ3n) is 6.30. The molecule has 1 amide bonds. The number of rotatable bonds is 9. The molecule has 36 heavy (non-hydrogen) atoms. The Labute approximate surface area is 208 Å². The van der Waals surface area contributed by atoms with Crippen molar-refractivity contribution in [3.63, 3.8) is 0 Å². The molecule has 5 rings (SSSR count). The zero-order valence-electron chi connectivity index (χ0n) is 20.0. The molecule has 0 radical (unpaired) electrons. The lowest BCUT2D eigenvalue weighted by Crippen LogP contribution is -2.27. The molecule has 4 heterocycles. The molecule has 2 aromatic heterocycles. The first-order chi connectivity index (χ1) is 17.6. The lowest BCUT2D eigenvalue weighted by molar-refractivity contribution is -0.119. The first kappa shape index (κ1) is 23.6. The molecule has 3 aliphatic rings. The molecule has 0 aromatic carbocycles. The van der Waals surface area contributed by atoms with Crippen LogP contribution in [0.15, 0.2) is 72.4 Å². The van der Waals surface area contributed by atoms with E-state index in [1.807, 2.05) is 24.3 Å². The highest BCUT2D eigenvalue weighted by atomic mass is 16.6. The average Bonchev–Trinajstić information content (AvgIpc) is 3.31.